The minimum atomic E-state index is -1.01. The number of hydrogen-bond acceptors (Lipinski definition) is 6. The van der Waals surface area contributed by atoms with Gasteiger partial charge in [0.05, 0.1) is 5.75 Å². The van der Waals surface area contributed by atoms with Gasteiger partial charge in [0.2, 0.25) is 5.91 Å². The zero-order chi connectivity index (χ0) is 28.6. The number of thioether (sulfide) groups is 1. The van der Waals surface area contributed by atoms with Crippen molar-refractivity contribution in [2.45, 2.75) is 31.6 Å². The van der Waals surface area contributed by atoms with Gasteiger partial charge in [0.1, 0.15) is 11.9 Å². The summed E-state index contributed by atoms with van der Waals surface area (Å²) in [6, 6.07) is 23.4. The van der Waals surface area contributed by atoms with E-state index in [1.165, 1.54) is 28.8 Å². The molecule has 0 fully saturated rings. The molecule has 40 heavy (non-hydrogen) atoms. The minimum Gasteiger partial charge on any atom is -0.378 e. The van der Waals surface area contributed by atoms with E-state index in [0.29, 0.717) is 16.4 Å². The average molecular weight is 558 g/mol. The molecule has 0 radical (unpaired) electrons. The van der Waals surface area contributed by atoms with Crippen LogP contribution in [-0.4, -0.2) is 46.5 Å². The number of aromatic nitrogens is 2. The molecule has 0 spiro atoms. The third-order valence-electron chi connectivity index (χ3n) is 6.20. The Balaban J connectivity index is 1.67. The van der Waals surface area contributed by atoms with Gasteiger partial charge >= 0.3 is 0 Å². The Hall–Kier alpha value is -4.24. The number of nitrogens with zero attached hydrogens (tertiary/aromatic N) is 4. The summed E-state index contributed by atoms with van der Waals surface area (Å²) in [6.07, 6.45) is 0. The summed E-state index contributed by atoms with van der Waals surface area (Å²) in [7, 11) is 3.87. The van der Waals surface area contributed by atoms with Crippen LogP contribution in [0.25, 0.3) is 0 Å². The van der Waals surface area contributed by atoms with Gasteiger partial charge in [0, 0.05) is 43.4 Å². The number of carbonyl (C=O) groups is 2. The van der Waals surface area contributed by atoms with Gasteiger partial charge in [-0.2, -0.15) is 0 Å². The molecule has 0 aliphatic carbocycles. The zero-order valence-electron chi connectivity index (χ0n) is 23.0. The van der Waals surface area contributed by atoms with Crippen LogP contribution < -0.4 is 10.2 Å². The van der Waals surface area contributed by atoms with Crippen molar-refractivity contribution in [3.05, 3.63) is 113 Å². The van der Waals surface area contributed by atoms with Crippen LogP contribution in [0.2, 0.25) is 0 Å². The normalized spacial score (nSPS) is 11.5. The second-order valence-electron chi connectivity index (χ2n) is 9.61. The highest BCUT2D eigenvalue weighted by molar-refractivity contribution is 7.99. The van der Waals surface area contributed by atoms with Crippen LogP contribution in [0.1, 0.15) is 28.6 Å². The molecule has 0 bridgehead atoms. The maximum Gasteiger partial charge on any atom is 0.251 e. The lowest BCUT2D eigenvalue weighted by Gasteiger charge is -2.31. The van der Waals surface area contributed by atoms with Crippen LogP contribution in [0, 0.1) is 19.7 Å². The van der Waals surface area contributed by atoms with E-state index in [2.05, 4.69) is 15.3 Å². The zero-order valence-corrected chi connectivity index (χ0v) is 23.8. The number of nitrogens with one attached hydrogen (secondary N) is 1. The fourth-order valence-corrected chi connectivity index (χ4v) is 5.08. The predicted octanol–water partition coefficient (Wildman–Crippen LogP) is 5.80. The van der Waals surface area contributed by atoms with E-state index in [9.17, 15) is 14.0 Å². The van der Waals surface area contributed by atoms with E-state index in [-0.39, 0.29) is 18.2 Å². The maximum atomic E-state index is 13.9. The topological polar surface area (TPSA) is 78.4 Å². The Kier molecular flexibility index (Phi) is 9.50. The molecule has 206 valence electrons. The lowest BCUT2D eigenvalue weighted by Crippen LogP contribution is -2.41. The summed E-state index contributed by atoms with van der Waals surface area (Å²) in [5.41, 5.74) is 4.56. The van der Waals surface area contributed by atoms with Crippen LogP contribution in [0.4, 0.5) is 15.8 Å². The number of hydrogen-bond donors (Lipinski definition) is 1. The highest BCUT2D eigenvalue weighted by atomic mass is 32.2. The molecule has 0 aliphatic rings. The van der Waals surface area contributed by atoms with Gasteiger partial charge in [-0.1, -0.05) is 54.2 Å². The highest BCUT2D eigenvalue weighted by Gasteiger charge is 2.32. The number of benzene rings is 3. The molecule has 0 saturated carbocycles. The van der Waals surface area contributed by atoms with Crippen molar-refractivity contribution in [3.8, 4) is 0 Å². The van der Waals surface area contributed by atoms with Gasteiger partial charge in [0.25, 0.3) is 5.91 Å². The second kappa shape index (κ2) is 13.2. The largest absolute Gasteiger partial charge is 0.378 e. The molecule has 2 amide bonds. The molecule has 1 aromatic heterocycles. The Bertz CT molecular complexity index is 1430. The highest BCUT2D eigenvalue weighted by Crippen LogP contribution is 2.28. The first kappa shape index (κ1) is 28.8. The van der Waals surface area contributed by atoms with E-state index >= 15 is 0 Å². The molecule has 9 heteroatoms. The summed E-state index contributed by atoms with van der Waals surface area (Å²) < 4.78 is 13.9. The van der Waals surface area contributed by atoms with E-state index in [1.807, 2.05) is 93.5 Å². The average Bonchev–Trinajstić information content (AvgIpc) is 2.93. The standard InChI is InChI=1S/C31H32FN5O2S/c1-21-18-22(2)34-31(33-21)40-20-28(38)37(19-23-8-6-5-7-9-23)29(24-10-12-25(32)13-11-24)30(39)35-26-14-16-27(17-15-26)36(3)4/h5-18,29H,19-20H2,1-4H3,(H,35,39)/t29-/m1/s1. The van der Waals surface area contributed by atoms with E-state index in [1.54, 1.807) is 12.1 Å². The third kappa shape index (κ3) is 7.66. The van der Waals surface area contributed by atoms with E-state index in [4.69, 9.17) is 0 Å². The number of aryl methyl sites for hydroxylation is 2. The Labute approximate surface area is 238 Å². The summed E-state index contributed by atoms with van der Waals surface area (Å²) >= 11 is 1.22. The maximum absolute atomic E-state index is 13.9. The first-order chi connectivity index (χ1) is 19.2. The number of carbonyl (C=O) groups excluding carboxylic acids is 2. The molecule has 1 atom stereocenters. The number of rotatable bonds is 10. The van der Waals surface area contributed by atoms with Gasteiger partial charge in [-0.25, -0.2) is 14.4 Å². The van der Waals surface area contributed by atoms with Crippen LogP contribution in [0.15, 0.2) is 90.1 Å². The molecule has 0 aliphatic heterocycles. The molecule has 1 N–H and O–H groups in total. The molecular weight excluding hydrogens is 525 g/mol. The molecule has 4 rings (SSSR count). The summed E-state index contributed by atoms with van der Waals surface area (Å²) in [5.74, 6) is -1.08. The fraction of sp³-hybridized carbons (Fsp3) is 0.226. The molecular formula is C31H32FN5O2S. The lowest BCUT2D eigenvalue weighted by atomic mass is 10.0. The summed E-state index contributed by atoms with van der Waals surface area (Å²) in [5, 5.41) is 3.45. The summed E-state index contributed by atoms with van der Waals surface area (Å²) in [4.78, 5) is 40.1. The number of halogens is 1. The van der Waals surface area contributed by atoms with Crippen LogP contribution in [-0.2, 0) is 16.1 Å². The van der Waals surface area contributed by atoms with Crippen molar-refractivity contribution in [2.24, 2.45) is 0 Å². The lowest BCUT2D eigenvalue weighted by molar-refractivity contribution is -0.137. The minimum absolute atomic E-state index is 0.0260. The van der Waals surface area contributed by atoms with E-state index < -0.39 is 17.8 Å². The SMILES string of the molecule is Cc1cc(C)nc(SCC(=O)N(Cc2ccccc2)[C@@H](C(=O)Nc2ccc(N(C)C)cc2)c2ccc(F)cc2)n1. The molecule has 7 nitrogen and oxygen atoms in total. The smallest absolute Gasteiger partial charge is 0.251 e. The van der Waals surface area contributed by atoms with Gasteiger partial charge in [-0.15, -0.1) is 0 Å². The molecule has 0 unspecified atom stereocenters. The van der Waals surface area contributed by atoms with E-state index in [0.717, 1.165) is 22.6 Å². The Morgan fingerprint density at radius 1 is 0.900 bits per heavy atom. The fourth-order valence-electron chi connectivity index (χ4n) is 4.24. The van der Waals surface area contributed by atoms with Crippen LogP contribution >= 0.6 is 11.8 Å². The first-order valence-electron chi connectivity index (χ1n) is 12.8. The molecule has 0 saturated heterocycles. The number of anilines is 2. The quantitative estimate of drug-likeness (QED) is 0.196. The van der Waals surface area contributed by atoms with Gasteiger partial charge in [-0.3, -0.25) is 9.59 Å². The third-order valence-corrected chi connectivity index (χ3v) is 7.03. The number of amides is 2. The molecule has 3 aromatic carbocycles. The van der Waals surface area contributed by atoms with Gasteiger partial charge < -0.3 is 15.1 Å². The van der Waals surface area contributed by atoms with Crippen molar-refractivity contribution in [2.75, 3.05) is 30.1 Å². The van der Waals surface area contributed by atoms with Crippen molar-refractivity contribution in [3.63, 3.8) is 0 Å². The van der Waals surface area contributed by atoms with Gasteiger partial charge in [-0.05, 0) is 67.4 Å². The summed E-state index contributed by atoms with van der Waals surface area (Å²) in [6.45, 7) is 3.94. The Morgan fingerprint density at radius 3 is 2.12 bits per heavy atom. The monoisotopic (exact) mass is 557 g/mol. The van der Waals surface area contributed by atoms with Crippen molar-refractivity contribution in [1.82, 2.24) is 14.9 Å². The van der Waals surface area contributed by atoms with Crippen molar-refractivity contribution < 1.29 is 14.0 Å². The van der Waals surface area contributed by atoms with Crippen LogP contribution in [0.5, 0.6) is 0 Å². The predicted molar refractivity (Wildman–Crippen MR) is 158 cm³/mol. The Morgan fingerprint density at radius 2 is 1.52 bits per heavy atom. The second-order valence-corrected chi connectivity index (χ2v) is 10.6. The van der Waals surface area contributed by atoms with Crippen molar-refractivity contribution >= 4 is 35.0 Å². The first-order valence-corrected chi connectivity index (χ1v) is 13.8. The molecule has 1 heterocycles. The van der Waals surface area contributed by atoms with Crippen LogP contribution in [0.3, 0.4) is 0 Å². The van der Waals surface area contributed by atoms with Gasteiger partial charge in [0.15, 0.2) is 5.16 Å². The molecule has 4 aromatic rings. The van der Waals surface area contributed by atoms with Crippen molar-refractivity contribution in [1.29, 1.82) is 0 Å².